The van der Waals surface area contributed by atoms with Crippen molar-refractivity contribution in [1.82, 2.24) is 25.5 Å². The van der Waals surface area contributed by atoms with Crippen molar-refractivity contribution in [3.8, 4) is 0 Å². The Morgan fingerprint density at radius 2 is 1.85 bits per heavy atom. The molecular formula is C20H25N7. The Labute approximate surface area is 159 Å². The van der Waals surface area contributed by atoms with Crippen LogP contribution in [0.5, 0.6) is 0 Å². The first-order valence-corrected chi connectivity index (χ1v) is 9.43. The van der Waals surface area contributed by atoms with Gasteiger partial charge in [-0.3, -0.25) is 5.10 Å². The van der Waals surface area contributed by atoms with E-state index in [9.17, 15) is 0 Å². The SMILES string of the molecule is Cc1cc(Nc2cc(Cc3ccccc3)nc(NC3CCNCC3)n2)n[nH]1. The number of aromatic amines is 1. The van der Waals surface area contributed by atoms with Gasteiger partial charge in [-0.15, -0.1) is 0 Å². The molecule has 0 unspecified atom stereocenters. The molecule has 7 heteroatoms. The lowest BCUT2D eigenvalue weighted by molar-refractivity contribution is 0.477. The number of H-pyrrole nitrogens is 1. The number of aryl methyl sites for hydroxylation is 1. The van der Waals surface area contributed by atoms with Crippen molar-refractivity contribution in [2.45, 2.75) is 32.2 Å². The van der Waals surface area contributed by atoms with Crippen LogP contribution >= 0.6 is 0 Å². The van der Waals surface area contributed by atoms with Gasteiger partial charge in [0.05, 0.1) is 5.69 Å². The molecule has 0 atom stereocenters. The maximum absolute atomic E-state index is 4.76. The molecule has 1 fully saturated rings. The molecule has 0 spiro atoms. The van der Waals surface area contributed by atoms with Crippen LogP contribution in [0.4, 0.5) is 17.6 Å². The molecule has 0 amide bonds. The number of aromatic nitrogens is 4. The lowest BCUT2D eigenvalue weighted by Gasteiger charge is -2.24. The average Bonchev–Trinajstić information content (AvgIpc) is 3.08. The van der Waals surface area contributed by atoms with Crippen LogP contribution in [0.2, 0.25) is 0 Å². The van der Waals surface area contributed by atoms with Crippen LogP contribution in [0.25, 0.3) is 0 Å². The molecule has 4 N–H and O–H groups in total. The van der Waals surface area contributed by atoms with Crippen molar-refractivity contribution >= 4 is 17.6 Å². The van der Waals surface area contributed by atoms with Gasteiger partial charge >= 0.3 is 0 Å². The molecule has 2 aromatic heterocycles. The van der Waals surface area contributed by atoms with E-state index in [-0.39, 0.29) is 0 Å². The molecule has 0 bridgehead atoms. The average molecular weight is 363 g/mol. The van der Waals surface area contributed by atoms with Gasteiger partial charge in [-0.25, -0.2) is 4.98 Å². The highest BCUT2D eigenvalue weighted by atomic mass is 15.2. The fraction of sp³-hybridized carbons (Fsp3) is 0.350. The van der Waals surface area contributed by atoms with Crippen LogP contribution < -0.4 is 16.0 Å². The van der Waals surface area contributed by atoms with Crippen molar-refractivity contribution < 1.29 is 0 Å². The molecule has 0 radical (unpaired) electrons. The minimum absolute atomic E-state index is 0.402. The molecule has 4 rings (SSSR count). The van der Waals surface area contributed by atoms with Gasteiger partial charge < -0.3 is 16.0 Å². The van der Waals surface area contributed by atoms with Crippen LogP contribution in [0.3, 0.4) is 0 Å². The largest absolute Gasteiger partial charge is 0.351 e. The number of nitrogens with zero attached hydrogens (tertiary/aromatic N) is 3. The normalized spacial score (nSPS) is 14.9. The molecule has 0 aliphatic carbocycles. The summed E-state index contributed by atoms with van der Waals surface area (Å²) in [6, 6.07) is 14.7. The number of rotatable bonds is 6. The van der Waals surface area contributed by atoms with Crippen molar-refractivity contribution in [2.24, 2.45) is 0 Å². The molecule has 3 heterocycles. The molecule has 1 aliphatic heterocycles. The summed E-state index contributed by atoms with van der Waals surface area (Å²) < 4.78 is 0. The van der Waals surface area contributed by atoms with E-state index in [1.807, 2.05) is 25.1 Å². The van der Waals surface area contributed by atoms with E-state index in [4.69, 9.17) is 4.98 Å². The predicted molar refractivity (Wildman–Crippen MR) is 107 cm³/mol. The monoisotopic (exact) mass is 363 g/mol. The van der Waals surface area contributed by atoms with Crippen LogP contribution in [-0.4, -0.2) is 39.3 Å². The Balaban J connectivity index is 1.58. The first kappa shape index (κ1) is 17.5. The zero-order valence-electron chi connectivity index (χ0n) is 15.5. The third-order valence-electron chi connectivity index (χ3n) is 4.64. The standard InChI is InChI=1S/C20H25N7/c1-14-11-19(27-26-14)24-18-13-17(12-15-5-3-2-4-6-15)23-20(25-18)22-16-7-9-21-10-8-16/h2-6,11,13,16,21H,7-10,12H2,1H3,(H3,22,23,24,25,26,27). The summed E-state index contributed by atoms with van der Waals surface area (Å²) >= 11 is 0. The maximum atomic E-state index is 4.76. The number of hydrogen-bond acceptors (Lipinski definition) is 6. The molecule has 1 aromatic carbocycles. The van der Waals surface area contributed by atoms with Gasteiger partial charge in [0.1, 0.15) is 5.82 Å². The third kappa shape index (κ3) is 4.83. The molecule has 1 saturated heterocycles. The van der Waals surface area contributed by atoms with Crippen LogP contribution in [0.1, 0.15) is 29.8 Å². The van der Waals surface area contributed by atoms with E-state index < -0.39 is 0 Å². The third-order valence-corrected chi connectivity index (χ3v) is 4.64. The van der Waals surface area contributed by atoms with Crippen molar-refractivity contribution in [1.29, 1.82) is 0 Å². The van der Waals surface area contributed by atoms with Crippen LogP contribution in [0, 0.1) is 6.92 Å². The summed E-state index contributed by atoms with van der Waals surface area (Å²) in [6.45, 7) is 4.03. The summed E-state index contributed by atoms with van der Waals surface area (Å²) in [7, 11) is 0. The minimum atomic E-state index is 0.402. The highest BCUT2D eigenvalue weighted by Crippen LogP contribution is 2.19. The molecular weight excluding hydrogens is 338 g/mol. The smallest absolute Gasteiger partial charge is 0.225 e. The van der Waals surface area contributed by atoms with Gasteiger partial charge in [0.2, 0.25) is 5.95 Å². The Hall–Kier alpha value is -2.93. The second-order valence-corrected chi connectivity index (χ2v) is 6.96. The van der Waals surface area contributed by atoms with Crippen molar-refractivity contribution in [3.05, 3.63) is 59.4 Å². The Morgan fingerprint density at radius 3 is 2.59 bits per heavy atom. The Kier molecular flexibility index (Phi) is 5.29. The number of hydrogen-bond donors (Lipinski definition) is 4. The highest BCUT2D eigenvalue weighted by Gasteiger charge is 2.15. The molecule has 27 heavy (non-hydrogen) atoms. The number of anilines is 3. The van der Waals surface area contributed by atoms with Crippen LogP contribution in [-0.2, 0) is 6.42 Å². The van der Waals surface area contributed by atoms with Gasteiger partial charge in [0, 0.05) is 30.3 Å². The van der Waals surface area contributed by atoms with E-state index in [1.54, 1.807) is 0 Å². The fourth-order valence-corrected chi connectivity index (χ4v) is 3.28. The first-order valence-electron chi connectivity index (χ1n) is 9.43. The quantitative estimate of drug-likeness (QED) is 0.538. The summed E-state index contributed by atoms with van der Waals surface area (Å²) in [4.78, 5) is 9.42. The minimum Gasteiger partial charge on any atom is -0.351 e. The predicted octanol–water partition coefficient (Wildman–Crippen LogP) is 3.01. The van der Waals surface area contributed by atoms with Crippen LogP contribution in [0.15, 0.2) is 42.5 Å². The van der Waals surface area contributed by atoms with Gasteiger partial charge in [-0.1, -0.05) is 30.3 Å². The molecule has 3 aromatic rings. The van der Waals surface area contributed by atoms with Gasteiger partial charge in [-0.2, -0.15) is 10.1 Å². The van der Waals surface area contributed by atoms with Gasteiger partial charge in [0.25, 0.3) is 0 Å². The molecule has 0 saturated carbocycles. The first-order chi connectivity index (χ1) is 13.2. The molecule has 1 aliphatic rings. The van der Waals surface area contributed by atoms with E-state index in [0.717, 1.165) is 55.4 Å². The van der Waals surface area contributed by atoms with E-state index in [1.165, 1.54) is 5.56 Å². The van der Waals surface area contributed by atoms with E-state index in [0.29, 0.717) is 12.0 Å². The summed E-state index contributed by atoms with van der Waals surface area (Å²) in [6.07, 6.45) is 2.92. The number of benzene rings is 1. The fourth-order valence-electron chi connectivity index (χ4n) is 3.28. The lowest BCUT2D eigenvalue weighted by Crippen LogP contribution is -2.35. The van der Waals surface area contributed by atoms with Crippen molar-refractivity contribution in [3.63, 3.8) is 0 Å². The number of piperidine rings is 1. The summed E-state index contributed by atoms with van der Waals surface area (Å²) in [5.41, 5.74) is 3.21. The molecule has 140 valence electrons. The Morgan fingerprint density at radius 1 is 1.04 bits per heavy atom. The molecule has 7 nitrogen and oxygen atoms in total. The zero-order chi connectivity index (χ0) is 18.5. The number of nitrogens with one attached hydrogen (secondary N) is 4. The maximum Gasteiger partial charge on any atom is 0.225 e. The second-order valence-electron chi connectivity index (χ2n) is 6.96. The topological polar surface area (TPSA) is 90.6 Å². The van der Waals surface area contributed by atoms with Gasteiger partial charge in [-0.05, 0) is 38.4 Å². The van der Waals surface area contributed by atoms with E-state index >= 15 is 0 Å². The highest BCUT2D eigenvalue weighted by molar-refractivity contribution is 5.54. The summed E-state index contributed by atoms with van der Waals surface area (Å²) in [5, 5.41) is 17.4. The van der Waals surface area contributed by atoms with Gasteiger partial charge in [0.15, 0.2) is 5.82 Å². The van der Waals surface area contributed by atoms with Crippen molar-refractivity contribution in [2.75, 3.05) is 23.7 Å². The zero-order valence-corrected chi connectivity index (χ0v) is 15.5. The summed E-state index contributed by atoms with van der Waals surface area (Å²) in [5.74, 6) is 2.17. The van der Waals surface area contributed by atoms with E-state index in [2.05, 4.69) is 55.4 Å². The Bertz CT molecular complexity index is 869. The second kappa shape index (κ2) is 8.18. The lowest BCUT2D eigenvalue weighted by atomic mass is 10.1.